The highest BCUT2D eigenvalue weighted by molar-refractivity contribution is 8.00. The minimum atomic E-state index is -4.18. The van der Waals surface area contributed by atoms with Crippen LogP contribution in [0.15, 0.2) is 6.33 Å². The van der Waals surface area contributed by atoms with Crippen molar-refractivity contribution in [3.8, 4) is 0 Å². The smallest absolute Gasteiger partial charge is 0.373 e. The van der Waals surface area contributed by atoms with Gasteiger partial charge in [0, 0.05) is 24.9 Å². The molecular weight excluding hydrogens is 277 g/mol. The molecule has 8 heteroatoms. The number of thioether (sulfide) groups is 1. The minimum absolute atomic E-state index is 0.0395. The Morgan fingerprint density at radius 2 is 1.95 bits per heavy atom. The Labute approximate surface area is 114 Å². The van der Waals surface area contributed by atoms with Crippen molar-refractivity contribution < 1.29 is 13.2 Å². The Balaban J connectivity index is 2.62. The van der Waals surface area contributed by atoms with Crippen LogP contribution in [-0.2, 0) is 6.42 Å². The number of aromatic nitrogens is 2. The third kappa shape index (κ3) is 5.54. The van der Waals surface area contributed by atoms with E-state index in [4.69, 9.17) is 0 Å². The second-order valence-electron chi connectivity index (χ2n) is 3.77. The van der Waals surface area contributed by atoms with Gasteiger partial charge in [-0.15, -0.1) is 0 Å². The van der Waals surface area contributed by atoms with Crippen LogP contribution in [0.2, 0.25) is 0 Å². The first-order valence-electron chi connectivity index (χ1n) is 5.94. The van der Waals surface area contributed by atoms with Crippen molar-refractivity contribution in [1.82, 2.24) is 9.97 Å². The van der Waals surface area contributed by atoms with E-state index in [-0.39, 0.29) is 24.1 Å². The zero-order valence-corrected chi connectivity index (χ0v) is 11.7. The molecule has 0 aliphatic carbocycles. The Kier molecular flexibility index (Phi) is 6.20. The molecule has 0 bridgehead atoms. The third-order valence-electron chi connectivity index (χ3n) is 2.34. The summed E-state index contributed by atoms with van der Waals surface area (Å²) < 4.78 is 36.0. The Hall–Kier alpha value is -1.18. The number of alkyl halides is 3. The van der Waals surface area contributed by atoms with Gasteiger partial charge in [-0.05, 0) is 18.2 Å². The summed E-state index contributed by atoms with van der Waals surface area (Å²) in [4.78, 5) is 8.18. The zero-order chi connectivity index (χ0) is 14.3. The molecule has 108 valence electrons. The summed E-state index contributed by atoms with van der Waals surface area (Å²) in [5.41, 5.74) is -3.28. The highest BCUT2D eigenvalue weighted by Gasteiger charge is 2.27. The van der Waals surface area contributed by atoms with Crippen LogP contribution in [0.5, 0.6) is 0 Å². The summed E-state index contributed by atoms with van der Waals surface area (Å²) in [6, 6.07) is 0. The lowest BCUT2D eigenvalue weighted by Crippen LogP contribution is -2.13. The molecule has 2 N–H and O–H groups in total. The van der Waals surface area contributed by atoms with Crippen molar-refractivity contribution in [2.45, 2.75) is 25.3 Å². The lowest BCUT2D eigenvalue weighted by molar-refractivity contribution is -0.0327. The standard InChI is InChI=1S/C11H17F3N4S/c1-3-4-8-9(15-2)17-7-18-10(8)16-5-6-19-11(12,13)14/h7H,3-6H2,1-2H3,(H2,15,16,17,18). The van der Waals surface area contributed by atoms with Crippen molar-refractivity contribution in [1.29, 1.82) is 0 Å². The summed E-state index contributed by atoms with van der Waals surface area (Å²) in [5.74, 6) is 1.26. The molecule has 0 fully saturated rings. The van der Waals surface area contributed by atoms with Crippen LogP contribution in [0, 0.1) is 0 Å². The highest BCUT2D eigenvalue weighted by Crippen LogP contribution is 2.29. The summed E-state index contributed by atoms with van der Waals surface area (Å²) in [7, 11) is 1.75. The van der Waals surface area contributed by atoms with Crippen molar-refractivity contribution in [2.75, 3.05) is 30.0 Å². The van der Waals surface area contributed by atoms with Gasteiger partial charge in [-0.25, -0.2) is 9.97 Å². The van der Waals surface area contributed by atoms with Gasteiger partial charge in [-0.2, -0.15) is 13.2 Å². The number of hydrogen-bond donors (Lipinski definition) is 2. The van der Waals surface area contributed by atoms with Gasteiger partial charge in [-0.3, -0.25) is 0 Å². The molecule has 0 aliphatic rings. The molecule has 0 spiro atoms. The van der Waals surface area contributed by atoms with Crippen LogP contribution in [-0.4, -0.2) is 34.8 Å². The zero-order valence-electron chi connectivity index (χ0n) is 10.8. The molecule has 0 amide bonds. The van der Waals surface area contributed by atoms with Crippen LogP contribution in [0.4, 0.5) is 24.8 Å². The number of nitrogens with zero attached hydrogens (tertiary/aromatic N) is 2. The van der Waals surface area contributed by atoms with Crippen LogP contribution < -0.4 is 10.6 Å². The molecule has 1 aromatic rings. The minimum Gasteiger partial charge on any atom is -0.373 e. The van der Waals surface area contributed by atoms with Crippen molar-refractivity contribution in [3.05, 3.63) is 11.9 Å². The van der Waals surface area contributed by atoms with Crippen molar-refractivity contribution >= 4 is 23.4 Å². The number of nitrogens with one attached hydrogen (secondary N) is 2. The summed E-state index contributed by atoms with van der Waals surface area (Å²) in [6.07, 6.45) is 3.07. The largest absolute Gasteiger partial charge is 0.441 e. The first-order valence-corrected chi connectivity index (χ1v) is 6.92. The van der Waals surface area contributed by atoms with Gasteiger partial charge in [0.2, 0.25) is 0 Å². The number of rotatable bonds is 7. The fourth-order valence-corrected chi connectivity index (χ4v) is 2.04. The third-order valence-corrected chi connectivity index (χ3v) is 3.08. The first-order chi connectivity index (χ1) is 8.98. The Morgan fingerprint density at radius 3 is 2.53 bits per heavy atom. The molecule has 1 heterocycles. The second-order valence-corrected chi connectivity index (χ2v) is 4.93. The first kappa shape index (κ1) is 15.9. The van der Waals surface area contributed by atoms with Gasteiger partial charge in [0.15, 0.2) is 0 Å². The van der Waals surface area contributed by atoms with Gasteiger partial charge in [0.25, 0.3) is 0 Å². The van der Waals surface area contributed by atoms with E-state index in [1.165, 1.54) is 6.33 Å². The van der Waals surface area contributed by atoms with E-state index >= 15 is 0 Å². The topological polar surface area (TPSA) is 49.8 Å². The molecule has 0 saturated carbocycles. The molecule has 0 unspecified atom stereocenters. The highest BCUT2D eigenvalue weighted by atomic mass is 32.2. The predicted molar refractivity (Wildman–Crippen MR) is 72.6 cm³/mol. The number of hydrogen-bond acceptors (Lipinski definition) is 5. The lowest BCUT2D eigenvalue weighted by Gasteiger charge is -2.13. The average Bonchev–Trinajstić information content (AvgIpc) is 2.35. The van der Waals surface area contributed by atoms with E-state index < -0.39 is 5.51 Å². The molecule has 0 aromatic carbocycles. The normalized spacial score (nSPS) is 11.4. The van der Waals surface area contributed by atoms with Crippen LogP contribution in [0.1, 0.15) is 18.9 Å². The SMILES string of the molecule is CCCc1c(NC)ncnc1NCCSC(F)(F)F. The van der Waals surface area contributed by atoms with Gasteiger partial charge in [-0.1, -0.05) is 13.3 Å². The van der Waals surface area contributed by atoms with Crippen molar-refractivity contribution in [2.24, 2.45) is 0 Å². The van der Waals surface area contributed by atoms with Crippen LogP contribution in [0.25, 0.3) is 0 Å². The lowest BCUT2D eigenvalue weighted by atomic mass is 10.1. The van der Waals surface area contributed by atoms with E-state index in [0.717, 1.165) is 18.4 Å². The number of anilines is 2. The average molecular weight is 294 g/mol. The van der Waals surface area contributed by atoms with Gasteiger partial charge < -0.3 is 10.6 Å². The molecule has 4 nitrogen and oxygen atoms in total. The Morgan fingerprint density at radius 1 is 1.26 bits per heavy atom. The summed E-state index contributed by atoms with van der Waals surface area (Å²) >= 11 is -0.0395. The monoisotopic (exact) mass is 294 g/mol. The van der Waals surface area contributed by atoms with Crippen LogP contribution >= 0.6 is 11.8 Å². The molecule has 19 heavy (non-hydrogen) atoms. The fourth-order valence-electron chi connectivity index (χ4n) is 1.60. The summed E-state index contributed by atoms with van der Waals surface area (Å²) in [5, 5.41) is 5.89. The molecule has 1 rings (SSSR count). The van der Waals surface area contributed by atoms with E-state index in [9.17, 15) is 13.2 Å². The maximum absolute atomic E-state index is 12.0. The molecule has 0 atom stereocenters. The molecular formula is C11H17F3N4S. The van der Waals surface area contributed by atoms with E-state index in [2.05, 4.69) is 20.6 Å². The maximum Gasteiger partial charge on any atom is 0.441 e. The molecule has 0 aliphatic heterocycles. The molecule has 0 saturated heterocycles. The summed E-state index contributed by atoms with van der Waals surface area (Å²) in [6.45, 7) is 2.23. The van der Waals surface area contributed by atoms with Gasteiger partial charge in [0.05, 0.1) is 0 Å². The van der Waals surface area contributed by atoms with E-state index in [0.29, 0.717) is 11.6 Å². The maximum atomic E-state index is 12.0. The van der Waals surface area contributed by atoms with Gasteiger partial charge in [0.1, 0.15) is 18.0 Å². The predicted octanol–water partition coefficient (Wildman–Crippen LogP) is 3.14. The quantitative estimate of drug-likeness (QED) is 0.757. The van der Waals surface area contributed by atoms with Crippen molar-refractivity contribution in [3.63, 3.8) is 0 Å². The molecule has 0 radical (unpaired) electrons. The van der Waals surface area contributed by atoms with E-state index in [1.807, 2.05) is 6.92 Å². The van der Waals surface area contributed by atoms with Crippen LogP contribution in [0.3, 0.4) is 0 Å². The number of halogens is 3. The Bertz CT molecular complexity index is 398. The fraction of sp³-hybridized carbons (Fsp3) is 0.636. The van der Waals surface area contributed by atoms with Gasteiger partial charge >= 0.3 is 5.51 Å². The second kappa shape index (κ2) is 7.42. The van der Waals surface area contributed by atoms with E-state index in [1.54, 1.807) is 7.05 Å². The molecule has 1 aromatic heterocycles.